The number of hydrogen-bond donors (Lipinski definition) is 1. The van der Waals surface area contributed by atoms with Crippen molar-refractivity contribution < 1.29 is 0 Å². The molecule has 0 radical (unpaired) electrons. The van der Waals surface area contributed by atoms with Gasteiger partial charge in [0.25, 0.3) is 0 Å². The normalized spacial score (nSPS) is 13.2. The molecule has 20 heavy (non-hydrogen) atoms. The van der Waals surface area contributed by atoms with Gasteiger partial charge < -0.3 is 15.2 Å². The van der Waals surface area contributed by atoms with E-state index < -0.39 is 0 Å². The second kappa shape index (κ2) is 6.65. The van der Waals surface area contributed by atoms with Crippen molar-refractivity contribution in [3.8, 4) is 0 Å². The number of fused-ring (bicyclic) bond motifs is 1. The van der Waals surface area contributed by atoms with Crippen molar-refractivity contribution in [2.75, 3.05) is 18.8 Å². The Balaban J connectivity index is 1.98. The second-order valence-electron chi connectivity index (χ2n) is 5.11. The predicted octanol–water partition coefficient (Wildman–Crippen LogP) is 1.92. The summed E-state index contributed by atoms with van der Waals surface area (Å²) >= 11 is 0. The van der Waals surface area contributed by atoms with Crippen LogP contribution >= 0.6 is 0 Å². The minimum atomic E-state index is 0.448. The van der Waals surface area contributed by atoms with Crippen LogP contribution in [-0.4, -0.2) is 43.6 Å². The molecular weight excluding hydrogens is 252 g/mol. The molecule has 2 heterocycles. The van der Waals surface area contributed by atoms with Gasteiger partial charge in [-0.2, -0.15) is 0 Å². The van der Waals surface area contributed by atoms with Gasteiger partial charge in [0.15, 0.2) is 11.5 Å². The van der Waals surface area contributed by atoms with Crippen LogP contribution in [0.15, 0.2) is 12.7 Å². The predicted molar refractivity (Wildman–Crippen MR) is 81.4 cm³/mol. The van der Waals surface area contributed by atoms with E-state index in [1.165, 1.54) is 12.7 Å². The number of aromatic nitrogens is 4. The molecule has 0 aliphatic carbocycles. The van der Waals surface area contributed by atoms with E-state index in [2.05, 4.69) is 45.2 Å². The van der Waals surface area contributed by atoms with Crippen LogP contribution in [0, 0.1) is 0 Å². The minimum Gasteiger partial charge on any atom is -0.382 e. The average Bonchev–Trinajstić information content (AvgIpc) is 2.87. The lowest BCUT2D eigenvalue weighted by molar-refractivity contribution is 0.209. The maximum absolute atomic E-state index is 5.79. The van der Waals surface area contributed by atoms with E-state index in [-0.39, 0.29) is 0 Å². The van der Waals surface area contributed by atoms with Crippen LogP contribution in [0.2, 0.25) is 0 Å². The minimum absolute atomic E-state index is 0.448. The largest absolute Gasteiger partial charge is 0.382 e. The lowest BCUT2D eigenvalue weighted by Gasteiger charge is -2.26. The number of aryl methyl sites for hydroxylation is 1. The van der Waals surface area contributed by atoms with Gasteiger partial charge in [0.2, 0.25) is 0 Å². The molecule has 2 N–H and O–H groups in total. The molecule has 0 bridgehead atoms. The van der Waals surface area contributed by atoms with Gasteiger partial charge in [0.05, 0.1) is 6.33 Å². The summed E-state index contributed by atoms with van der Waals surface area (Å²) in [6.07, 6.45) is 5.56. The molecule has 0 fully saturated rings. The molecule has 110 valence electrons. The molecule has 0 aromatic carbocycles. The summed E-state index contributed by atoms with van der Waals surface area (Å²) in [4.78, 5) is 15.0. The topological polar surface area (TPSA) is 72.9 Å². The molecule has 0 spiro atoms. The number of nitrogen functional groups attached to an aromatic ring is 1. The Morgan fingerprint density at radius 3 is 2.80 bits per heavy atom. The molecular formula is C14H24N6. The monoisotopic (exact) mass is 276 g/mol. The summed E-state index contributed by atoms with van der Waals surface area (Å²) in [6, 6.07) is 0.637. The second-order valence-corrected chi connectivity index (χ2v) is 5.11. The first-order valence-corrected chi connectivity index (χ1v) is 7.32. The van der Waals surface area contributed by atoms with E-state index in [9.17, 15) is 0 Å². The van der Waals surface area contributed by atoms with E-state index in [4.69, 9.17) is 5.73 Å². The molecule has 0 amide bonds. The van der Waals surface area contributed by atoms with E-state index in [1.807, 2.05) is 0 Å². The van der Waals surface area contributed by atoms with Crippen LogP contribution in [0.5, 0.6) is 0 Å². The fraction of sp³-hybridized carbons (Fsp3) is 0.643. The van der Waals surface area contributed by atoms with Gasteiger partial charge in [0.1, 0.15) is 11.8 Å². The molecule has 0 aliphatic heterocycles. The fourth-order valence-electron chi connectivity index (χ4n) is 2.45. The fourth-order valence-corrected chi connectivity index (χ4v) is 2.45. The average molecular weight is 276 g/mol. The highest BCUT2D eigenvalue weighted by molar-refractivity contribution is 5.80. The third-order valence-corrected chi connectivity index (χ3v) is 3.89. The lowest BCUT2D eigenvalue weighted by Crippen LogP contribution is -2.33. The van der Waals surface area contributed by atoms with E-state index in [0.717, 1.165) is 31.7 Å². The van der Waals surface area contributed by atoms with Gasteiger partial charge in [-0.25, -0.2) is 15.0 Å². The number of imidazole rings is 1. The smallest absolute Gasteiger partial charge is 0.165 e. The zero-order chi connectivity index (χ0) is 14.5. The molecule has 1 unspecified atom stereocenters. The van der Waals surface area contributed by atoms with Gasteiger partial charge in [-0.1, -0.05) is 13.8 Å². The van der Waals surface area contributed by atoms with Crippen LogP contribution in [0.25, 0.3) is 11.2 Å². The first-order chi connectivity index (χ1) is 9.67. The highest BCUT2D eigenvalue weighted by Gasteiger charge is 2.11. The summed E-state index contributed by atoms with van der Waals surface area (Å²) in [7, 11) is 0. The zero-order valence-corrected chi connectivity index (χ0v) is 12.6. The van der Waals surface area contributed by atoms with Gasteiger partial charge in [0, 0.05) is 19.1 Å². The van der Waals surface area contributed by atoms with E-state index in [0.29, 0.717) is 17.4 Å². The number of rotatable bonds is 7. The number of anilines is 1. The Morgan fingerprint density at radius 1 is 1.30 bits per heavy atom. The molecule has 2 aromatic heterocycles. The quantitative estimate of drug-likeness (QED) is 0.836. The zero-order valence-electron chi connectivity index (χ0n) is 12.6. The van der Waals surface area contributed by atoms with Crippen molar-refractivity contribution >= 4 is 17.0 Å². The van der Waals surface area contributed by atoms with Gasteiger partial charge in [-0.3, -0.25) is 0 Å². The third-order valence-electron chi connectivity index (χ3n) is 3.89. The van der Waals surface area contributed by atoms with Crippen LogP contribution < -0.4 is 5.73 Å². The Hall–Kier alpha value is -1.69. The lowest BCUT2D eigenvalue weighted by atomic mass is 10.2. The van der Waals surface area contributed by atoms with Crippen molar-refractivity contribution in [1.29, 1.82) is 0 Å². The molecule has 2 rings (SSSR count). The van der Waals surface area contributed by atoms with Gasteiger partial charge in [-0.15, -0.1) is 0 Å². The highest BCUT2D eigenvalue weighted by atomic mass is 15.2. The number of nitrogens with two attached hydrogens (primary N) is 1. The van der Waals surface area contributed by atoms with Gasteiger partial charge in [-0.05, 0) is 26.3 Å². The van der Waals surface area contributed by atoms with Crippen molar-refractivity contribution in [2.24, 2.45) is 0 Å². The molecule has 0 aliphatic rings. The molecule has 0 saturated heterocycles. The van der Waals surface area contributed by atoms with E-state index >= 15 is 0 Å². The third kappa shape index (κ3) is 3.07. The molecule has 0 saturated carbocycles. The summed E-state index contributed by atoms with van der Waals surface area (Å²) in [5, 5.41) is 0. The number of hydrogen-bond acceptors (Lipinski definition) is 5. The standard InChI is InChI=1S/C14H24N6/c1-4-11(3)19(5-2)7-6-8-20-10-18-12-13(15)16-9-17-14(12)20/h9-11H,4-8H2,1-3H3,(H2,15,16,17). The number of nitrogens with zero attached hydrogens (tertiary/aromatic N) is 5. The van der Waals surface area contributed by atoms with Crippen LogP contribution in [0.1, 0.15) is 33.6 Å². The Bertz CT molecular complexity index is 550. The first kappa shape index (κ1) is 14.7. The molecule has 6 heteroatoms. The summed E-state index contributed by atoms with van der Waals surface area (Å²) in [5.74, 6) is 0.448. The Kier molecular flexibility index (Phi) is 4.89. The van der Waals surface area contributed by atoms with Crippen LogP contribution in [0.4, 0.5) is 5.82 Å². The van der Waals surface area contributed by atoms with Crippen LogP contribution in [0.3, 0.4) is 0 Å². The van der Waals surface area contributed by atoms with Crippen LogP contribution in [-0.2, 0) is 6.54 Å². The summed E-state index contributed by atoms with van der Waals surface area (Å²) in [5.41, 5.74) is 7.31. The van der Waals surface area contributed by atoms with Crippen molar-refractivity contribution in [3.63, 3.8) is 0 Å². The van der Waals surface area contributed by atoms with Crippen molar-refractivity contribution in [3.05, 3.63) is 12.7 Å². The Labute approximate surface area is 120 Å². The highest BCUT2D eigenvalue weighted by Crippen LogP contribution is 2.14. The van der Waals surface area contributed by atoms with Gasteiger partial charge >= 0.3 is 0 Å². The maximum atomic E-state index is 5.79. The SMILES string of the molecule is CCC(C)N(CC)CCCn1cnc2c(N)ncnc21. The Morgan fingerprint density at radius 2 is 2.10 bits per heavy atom. The first-order valence-electron chi connectivity index (χ1n) is 7.32. The maximum Gasteiger partial charge on any atom is 0.165 e. The molecule has 1 atom stereocenters. The summed E-state index contributed by atoms with van der Waals surface area (Å²) in [6.45, 7) is 9.81. The molecule has 2 aromatic rings. The van der Waals surface area contributed by atoms with Crippen molar-refractivity contribution in [2.45, 2.75) is 46.2 Å². The van der Waals surface area contributed by atoms with E-state index in [1.54, 1.807) is 6.33 Å². The van der Waals surface area contributed by atoms with Crippen molar-refractivity contribution in [1.82, 2.24) is 24.4 Å². The summed E-state index contributed by atoms with van der Waals surface area (Å²) < 4.78 is 2.05. The molecule has 6 nitrogen and oxygen atoms in total.